The second kappa shape index (κ2) is 4.29. The number of phenolic OH excluding ortho intramolecular Hbond substituents is 1. The molecular weight excluding hydrogens is 270 g/mol. The molecule has 0 aromatic heterocycles. The topological polar surface area (TPSA) is 23.5 Å². The zero-order valence-electron chi connectivity index (χ0n) is 13.6. The lowest BCUT2D eigenvalue weighted by Crippen LogP contribution is -2.58. The van der Waals surface area contributed by atoms with Crippen LogP contribution in [-0.2, 0) is 11.8 Å². The molecular formula is C20H27NO. The van der Waals surface area contributed by atoms with E-state index in [1.165, 1.54) is 69.2 Å². The molecule has 0 spiro atoms. The van der Waals surface area contributed by atoms with Gasteiger partial charge in [0, 0.05) is 18.0 Å². The van der Waals surface area contributed by atoms with Crippen LogP contribution in [0.5, 0.6) is 5.75 Å². The number of fused-ring (bicyclic) bond motifs is 1. The molecule has 1 heterocycles. The molecule has 1 N–H and O–H groups in total. The molecule has 0 amide bonds. The van der Waals surface area contributed by atoms with E-state index in [2.05, 4.69) is 24.0 Å². The number of phenols is 1. The normalized spacial score (nSPS) is 38.4. The smallest absolute Gasteiger partial charge is 0.115 e. The molecule has 4 aliphatic rings. The molecule has 1 aromatic carbocycles. The fourth-order valence-corrected chi connectivity index (χ4v) is 5.96. The Kier molecular flexibility index (Phi) is 2.61. The van der Waals surface area contributed by atoms with E-state index < -0.39 is 0 Å². The Morgan fingerprint density at radius 2 is 2.09 bits per heavy atom. The van der Waals surface area contributed by atoms with E-state index in [0.29, 0.717) is 16.6 Å². The van der Waals surface area contributed by atoms with Gasteiger partial charge in [-0.15, -0.1) is 0 Å². The van der Waals surface area contributed by atoms with Crippen molar-refractivity contribution in [3.05, 3.63) is 29.3 Å². The summed E-state index contributed by atoms with van der Waals surface area (Å²) < 4.78 is 0. The first-order valence-electron chi connectivity index (χ1n) is 9.16. The third-order valence-electron chi connectivity index (χ3n) is 7.37. The molecule has 0 radical (unpaired) electrons. The summed E-state index contributed by atoms with van der Waals surface area (Å²) in [5, 5.41) is 10.0. The average molecular weight is 297 g/mol. The predicted octanol–water partition coefficient (Wildman–Crippen LogP) is 3.86. The van der Waals surface area contributed by atoms with Crippen LogP contribution in [0.2, 0.25) is 0 Å². The molecule has 3 aliphatic carbocycles. The highest BCUT2D eigenvalue weighted by molar-refractivity contribution is 5.45. The molecule has 3 atom stereocenters. The van der Waals surface area contributed by atoms with Gasteiger partial charge in [0.2, 0.25) is 0 Å². The van der Waals surface area contributed by atoms with Gasteiger partial charge in [-0.25, -0.2) is 0 Å². The van der Waals surface area contributed by atoms with Crippen molar-refractivity contribution in [1.29, 1.82) is 0 Å². The molecule has 2 bridgehead atoms. The van der Waals surface area contributed by atoms with Gasteiger partial charge in [-0.05, 0) is 79.7 Å². The van der Waals surface area contributed by atoms with Gasteiger partial charge in [0.1, 0.15) is 5.75 Å². The number of likely N-dealkylation sites (tertiary alicyclic amines) is 1. The molecule has 5 rings (SSSR count). The standard InChI is InChI=1S/C20H27NO/c1-19(7-8-19)13-21-10-9-20-6-2-3-16(20)18(21)11-14-4-5-15(22)12-17(14)20/h4-5,12,16,18,22H,2-3,6-11,13H2,1H3/t16-,18+,20+/m0/s1. The number of hydrogen-bond donors (Lipinski definition) is 1. The average Bonchev–Trinajstić information content (AvgIpc) is 3.05. The van der Waals surface area contributed by atoms with Crippen molar-refractivity contribution >= 4 is 0 Å². The number of rotatable bonds is 2. The lowest BCUT2D eigenvalue weighted by atomic mass is 9.59. The van der Waals surface area contributed by atoms with Crippen molar-refractivity contribution in [3.8, 4) is 5.75 Å². The first-order valence-corrected chi connectivity index (χ1v) is 9.16. The van der Waals surface area contributed by atoms with E-state index in [-0.39, 0.29) is 0 Å². The summed E-state index contributed by atoms with van der Waals surface area (Å²) >= 11 is 0. The minimum atomic E-state index is 0.387. The second-order valence-electron chi connectivity index (χ2n) is 8.80. The van der Waals surface area contributed by atoms with Crippen LogP contribution in [0.3, 0.4) is 0 Å². The molecule has 118 valence electrons. The van der Waals surface area contributed by atoms with E-state index in [1.807, 2.05) is 6.07 Å². The number of aromatic hydroxyl groups is 1. The van der Waals surface area contributed by atoms with E-state index in [1.54, 1.807) is 0 Å². The van der Waals surface area contributed by atoms with E-state index >= 15 is 0 Å². The summed E-state index contributed by atoms with van der Waals surface area (Å²) in [6.07, 6.45) is 9.48. The Morgan fingerprint density at radius 3 is 2.91 bits per heavy atom. The minimum absolute atomic E-state index is 0.387. The Labute approximate surface area is 133 Å². The molecule has 0 unspecified atom stereocenters. The lowest BCUT2D eigenvalue weighted by molar-refractivity contribution is 0.0196. The quantitative estimate of drug-likeness (QED) is 0.896. The zero-order valence-corrected chi connectivity index (χ0v) is 13.6. The molecule has 1 saturated heterocycles. The maximum Gasteiger partial charge on any atom is 0.115 e. The first kappa shape index (κ1) is 13.4. The van der Waals surface area contributed by atoms with Gasteiger partial charge < -0.3 is 5.11 Å². The van der Waals surface area contributed by atoms with Crippen LogP contribution >= 0.6 is 0 Å². The monoisotopic (exact) mass is 297 g/mol. The SMILES string of the molecule is CC1(CN2CC[C@]34CCC[C@H]3[C@H]2Cc2ccc(O)cc24)CC1. The molecule has 1 aliphatic heterocycles. The first-order chi connectivity index (χ1) is 10.6. The summed E-state index contributed by atoms with van der Waals surface area (Å²) in [5.74, 6) is 1.29. The largest absolute Gasteiger partial charge is 0.508 e. The van der Waals surface area contributed by atoms with Crippen LogP contribution in [0.25, 0.3) is 0 Å². The molecule has 2 nitrogen and oxygen atoms in total. The number of piperidine rings is 1. The van der Waals surface area contributed by atoms with E-state index in [0.717, 1.165) is 12.0 Å². The van der Waals surface area contributed by atoms with Crippen LogP contribution < -0.4 is 0 Å². The molecule has 3 fully saturated rings. The number of nitrogens with zero attached hydrogens (tertiary/aromatic N) is 1. The van der Waals surface area contributed by atoms with Crippen molar-refractivity contribution in [1.82, 2.24) is 4.90 Å². The van der Waals surface area contributed by atoms with Gasteiger partial charge in [0.15, 0.2) is 0 Å². The fourth-order valence-electron chi connectivity index (χ4n) is 5.96. The van der Waals surface area contributed by atoms with Crippen molar-refractivity contribution in [2.45, 2.75) is 63.3 Å². The highest BCUT2D eigenvalue weighted by atomic mass is 16.3. The van der Waals surface area contributed by atoms with Crippen molar-refractivity contribution in [3.63, 3.8) is 0 Å². The van der Waals surface area contributed by atoms with Gasteiger partial charge in [-0.1, -0.05) is 19.4 Å². The van der Waals surface area contributed by atoms with E-state index in [9.17, 15) is 5.11 Å². The Bertz CT molecular complexity index is 620. The van der Waals surface area contributed by atoms with Crippen LogP contribution in [0, 0.1) is 11.3 Å². The Balaban J connectivity index is 1.56. The summed E-state index contributed by atoms with van der Waals surface area (Å²) in [6.45, 7) is 5.06. The predicted molar refractivity (Wildman–Crippen MR) is 88.1 cm³/mol. The minimum Gasteiger partial charge on any atom is -0.508 e. The van der Waals surface area contributed by atoms with Crippen molar-refractivity contribution in [2.75, 3.05) is 13.1 Å². The second-order valence-corrected chi connectivity index (χ2v) is 8.80. The summed E-state index contributed by atoms with van der Waals surface area (Å²) in [4.78, 5) is 2.84. The van der Waals surface area contributed by atoms with Gasteiger partial charge in [0.05, 0.1) is 0 Å². The maximum atomic E-state index is 10.0. The van der Waals surface area contributed by atoms with E-state index in [4.69, 9.17) is 0 Å². The molecule has 22 heavy (non-hydrogen) atoms. The lowest BCUT2D eigenvalue weighted by Gasteiger charge is -2.55. The van der Waals surface area contributed by atoms with Gasteiger partial charge >= 0.3 is 0 Å². The Morgan fingerprint density at radius 1 is 1.23 bits per heavy atom. The third kappa shape index (κ3) is 1.76. The van der Waals surface area contributed by atoms with Gasteiger partial charge in [-0.3, -0.25) is 4.90 Å². The van der Waals surface area contributed by atoms with Crippen LogP contribution in [0.1, 0.15) is 56.6 Å². The molecule has 2 heteroatoms. The summed E-state index contributed by atoms with van der Waals surface area (Å²) in [5.41, 5.74) is 4.03. The number of benzene rings is 1. The van der Waals surface area contributed by atoms with Crippen molar-refractivity contribution < 1.29 is 5.11 Å². The number of hydrogen-bond acceptors (Lipinski definition) is 2. The van der Waals surface area contributed by atoms with Crippen molar-refractivity contribution in [2.24, 2.45) is 11.3 Å². The fraction of sp³-hybridized carbons (Fsp3) is 0.700. The van der Waals surface area contributed by atoms with Crippen LogP contribution in [0.15, 0.2) is 18.2 Å². The van der Waals surface area contributed by atoms with Gasteiger partial charge in [-0.2, -0.15) is 0 Å². The van der Waals surface area contributed by atoms with Crippen LogP contribution in [-0.4, -0.2) is 29.1 Å². The molecule has 2 saturated carbocycles. The third-order valence-corrected chi connectivity index (χ3v) is 7.37. The highest BCUT2D eigenvalue weighted by Crippen LogP contribution is 2.58. The summed E-state index contributed by atoms with van der Waals surface area (Å²) in [6, 6.07) is 6.95. The maximum absolute atomic E-state index is 10.0. The van der Waals surface area contributed by atoms with Crippen LogP contribution in [0.4, 0.5) is 0 Å². The Hall–Kier alpha value is -1.02. The highest BCUT2D eigenvalue weighted by Gasteiger charge is 2.56. The summed E-state index contributed by atoms with van der Waals surface area (Å²) in [7, 11) is 0. The zero-order chi connectivity index (χ0) is 14.9. The molecule has 1 aromatic rings. The van der Waals surface area contributed by atoms with Gasteiger partial charge in [0.25, 0.3) is 0 Å².